The fraction of sp³-hybridized carbons (Fsp3) is 0.278. The van der Waals surface area contributed by atoms with Gasteiger partial charge in [-0.1, -0.05) is 13.0 Å². The summed E-state index contributed by atoms with van der Waals surface area (Å²) in [4.78, 5) is 12.6. The summed E-state index contributed by atoms with van der Waals surface area (Å²) in [6.45, 7) is 2.72. The van der Waals surface area contributed by atoms with Crippen molar-refractivity contribution < 1.29 is 4.74 Å². The first-order chi connectivity index (χ1) is 12.6. The summed E-state index contributed by atoms with van der Waals surface area (Å²) in [5.41, 5.74) is 10.9. The second-order valence-corrected chi connectivity index (χ2v) is 5.54. The van der Waals surface area contributed by atoms with Gasteiger partial charge in [0.15, 0.2) is 5.82 Å². The molecule has 0 spiro atoms. The number of ether oxygens (including phenoxy) is 1. The summed E-state index contributed by atoms with van der Waals surface area (Å²) in [6, 6.07) is 9.61. The van der Waals surface area contributed by atoms with Gasteiger partial charge in [0.1, 0.15) is 0 Å². The lowest BCUT2D eigenvalue weighted by Gasteiger charge is -2.09. The third kappa shape index (κ3) is 4.78. The van der Waals surface area contributed by atoms with E-state index in [1.807, 2.05) is 44.4 Å². The van der Waals surface area contributed by atoms with Crippen LogP contribution in [0.5, 0.6) is 5.88 Å². The van der Waals surface area contributed by atoms with Crippen LogP contribution in [0, 0.1) is 0 Å². The first kappa shape index (κ1) is 19.4. The molecule has 2 heterocycles. The van der Waals surface area contributed by atoms with E-state index in [9.17, 15) is 0 Å². The van der Waals surface area contributed by atoms with E-state index >= 15 is 0 Å². The topological polar surface area (TPSA) is 124 Å². The number of nitrogens with two attached hydrogens (primary N) is 2. The van der Waals surface area contributed by atoms with Gasteiger partial charge >= 0.3 is 0 Å². The minimum absolute atomic E-state index is 0.178. The van der Waals surface area contributed by atoms with Crippen molar-refractivity contribution in [2.75, 3.05) is 31.9 Å². The molecule has 0 unspecified atom stereocenters. The summed E-state index contributed by atoms with van der Waals surface area (Å²) in [5.74, 6) is 6.81. The number of anilines is 2. The Kier molecular flexibility index (Phi) is 7.07. The first-order valence-electron chi connectivity index (χ1n) is 8.34. The second-order valence-electron chi connectivity index (χ2n) is 5.54. The SMILES string of the molecule is CCCOc1ccc(-c2ccc3nc(N)nc(NN)c3c2)cn1.CNC. The quantitative estimate of drug-likeness (QED) is 0.405. The second kappa shape index (κ2) is 9.50. The van der Waals surface area contributed by atoms with Crippen molar-refractivity contribution in [1.82, 2.24) is 20.3 Å². The highest BCUT2D eigenvalue weighted by Crippen LogP contribution is 2.27. The van der Waals surface area contributed by atoms with E-state index < -0.39 is 0 Å². The van der Waals surface area contributed by atoms with Crippen molar-refractivity contribution >= 4 is 22.7 Å². The van der Waals surface area contributed by atoms with Crippen LogP contribution in [0.15, 0.2) is 36.5 Å². The van der Waals surface area contributed by atoms with Crippen LogP contribution in [-0.2, 0) is 0 Å². The number of fused-ring (bicyclic) bond motifs is 1. The molecule has 0 saturated carbocycles. The van der Waals surface area contributed by atoms with Crippen LogP contribution in [0.4, 0.5) is 11.8 Å². The number of nitrogens with one attached hydrogen (secondary N) is 2. The molecule has 6 N–H and O–H groups in total. The molecule has 8 heteroatoms. The Bertz CT molecular complexity index is 837. The molecule has 0 amide bonds. The van der Waals surface area contributed by atoms with Gasteiger partial charge in [0.2, 0.25) is 11.8 Å². The van der Waals surface area contributed by atoms with Crippen molar-refractivity contribution in [3.05, 3.63) is 36.5 Å². The maximum Gasteiger partial charge on any atom is 0.222 e. The molecular formula is C18H25N7O. The van der Waals surface area contributed by atoms with Crippen molar-refractivity contribution in [3.8, 4) is 17.0 Å². The molecule has 0 aliphatic carbocycles. The Labute approximate surface area is 153 Å². The van der Waals surface area contributed by atoms with E-state index in [0.29, 0.717) is 18.3 Å². The third-order valence-corrected chi connectivity index (χ3v) is 3.37. The largest absolute Gasteiger partial charge is 0.478 e. The number of rotatable bonds is 5. The highest BCUT2D eigenvalue weighted by molar-refractivity contribution is 5.93. The molecule has 0 radical (unpaired) electrons. The lowest BCUT2D eigenvalue weighted by atomic mass is 10.1. The molecule has 0 aliphatic heterocycles. The lowest BCUT2D eigenvalue weighted by Crippen LogP contribution is -2.11. The van der Waals surface area contributed by atoms with E-state index in [-0.39, 0.29) is 5.95 Å². The Morgan fingerprint density at radius 3 is 2.42 bits per heavy atom. The van der Waals surface area contributed by atoms with Crippen LogP contribution in [0.3, 0.4) is 0 Å². The van der Waals surface area contributed by atoms with Gasteiger partial charge in [-0.15, -0.1) is 0 Å². The molecule has 0 aliphatic rings. The van der Waals surface area contributed by atoms with E-state index in [4.69, 9.17) is 16.3 Å². The molecule has 2 aromatic heterocycles. The monoisotopic (exact) mass is 355 g/mol. The molecule has 8 nitrogen and oxygen atoms in total. The van der Waals surface area contributed by atoms with E-state index in [1.165, 1.54) is 0 Å². The Hall–Kier alpha value is -2.97. The van der Waals surface area contributed by atoms with Crippen LogP contribution in [0.2, 0.25) is 0 Å². The van der Waals surface area contributed by atoms with Crippen molar-refractivity contribution in [2.24, 2.45) is 5.84 Å². The smallest absolute Gasteiger partial charge is 0.222 e. The van der Waals surface area contributed by atoms with Gasteiger partial charge in [0.25, 0.3) is 0 Å². The standard InChI is InChI=1S/C16H18N6O.C2H7N/c1-2-7-23-14-6-4-11(9-19-14)10-3-5-13-12(8-10)15(22-18)21-16(17)20-13;1-3-2/h3-6,8-9H,2,7,18H2,1H3,(H3,17,20,21,22);3H,1-2H3. The minimum Gasteiger partial charge on any atom is -0.478 e. The number of hydrazine groups is 1. The maximum atomic E-state index is 5.66. The lowest BCUT2D eigenvalue weighted by molar-refractivity contribution is 0.305. The van der Waals surface area contributed by atoms with Gasteiger partial charge in [0.05, 0.1) is 12.1 Å². The van der Waals surface area contributed by atoms with Crippen LogP contribution < -0.4 is 27.1 Å². The van der Waals surface area contributed by atoms with Gasteiger partial charge < -0.3 is 21.2 Å². The van der Waals surface area contributed by atoms with Gasteiger partial charge in [-0.2, -0.15) is 4.98 Å². The summed E-state index contributed by atoms with van der Waals surface area (Å²) < 4.78 is 5.49. The van der Waals surface area contributed by atoms with Crippen molar-refractivity contribution in [1.29, 1.82) is 0 Å². The number of nitrogen functional groups attached to an aromatic ring is 2. The number of benzene rings is 1. The molecule has 0 saturated heterocycles. The van der Waals surface area contributed by atoms with E-state index in [0.717, 1.165) is 28.5 Å². The molecule has 26 heavy (non-hydrogen) atoms. The normalized spacial score (nSPS) is 10.2. The zero-order chi connectivity index (χ0) is 18.9. The Balaban J connectivity index is 0.000000758. The number of hydrogen-bond donors (Lipinski definition) is 4. The van der Waals surface area contributed by atoms with Gasteiger partial charge in [0, 0.05) is 23.2 Å². The molecule has 0 fully saturated rings. The molecule has 0 atom stereocenters. The maximum absolute atomic E-state index is 5.66. The molecular weight excluding hydrogens is 330 g/mol. The van der Waals surface area contributed by atoms with Gasteiger partial charge in [-0.3, -0.25) is 0 Å². The van der Waals surface area contributed by atoms with Gasteiger partial charge in [-0.05, 0) is 44.3 Å². The van der Waals surface area contributed by atoms with Crippen LogP contribution in [0.1, 0.15) is 13.3 Å². The molecule has 1 aromatic carbocycles. The highest BCUT2D eigenvalue weighted by Gasteiger charge is 2.08. The summed E-state index contributed by atoms with van der Waals surface area (Å²) >= 11 is 0. The van der Waals surface area contributed by atoms with Crippen molar-refractivity contribution in [2.45, 2.75) is 13.3 Å². The predicted molar refractivity (Wildman–Crippen MR) is 106 cm³/mol. The Morgan fingerprint density at radius 1 is 1.08 bits per heavy atom. The fourth-order valence-corrected chi connectivity index (χ4v) is 2.28. The summed E-state index contributed by atoms with van der Waals surface area (Å²) in [7, 11) is 3.75. The Morgan fingerprint density at radius 2 is 1.81 bits per heavy atom. The first-order valence-corrected chi connectivity index (χ1v) is 8.34. The summed E-state index contributed by atoms with van der Waals surface area (Å²) in [6.07, 6.45) is 2.73. The number of aromatic nitrogens is 3. The molecule has 138 valence electrons. The van der Waals surface area contributed by atoms with Crippen LogP contribution in [0.25, 0.3) is 22.0 Å². The average Bonchev–Trinajstić information content (AvgIpc) is 2.66. The molecule has 0 bridgehead atoms. The molecule has 3 aromatic rings. The minimum atomic E-state index is 0.178. The molecule has 3 rings (SSSR count). The average molecular weight is 355 g/mol. The number of nitrogens with zero attached hydrogens (tertiary/aromatic N) is 3. The fourth-order valence-electron chi connectivity index (χ4n) is 2.28. The van der Waals surface area contributed by atoms with E-state index in [2.05, 4.69) is 32.6 Å². The zero-order valence-corrected chi connectivity index (χ0v) is 15.3. The highest BCUT2D eigenvalue weighted by atomic mass is 16.5. The zero-order valence-electron chi connectivity index (χ0n) is 15.3. The van der Waals surface area contributed by atoms with E-state index in [1.54, 1.807) is 6.20 Å². The number of hydrogen-bond acceptors (Lipinski definition) is 8. The summed E-state index contributed by atoms with van der Waals surface area (Å²) in [5, 5.41) is 3.55. The van der Waals surface area contributed by atoms with Gasteiger partial charge in [-0.25, -0.2) is 15.8 Å². The van der Waals surface area contributed by atoms with Crippen LogP contribution >= 0.6 is 0 Å². The van der Waals surface area contributed by atoms with Crippen LogP contribution in [-0.4, -0.2) is 35.7 Å². The number of pyridine rings is 1. The third-order valence-electron chi connectivity index (χ3n) is 3.37. The van der Waals surface area contributed by atoms with Crippen molar-refractivity contribution in [3.63, 3.8) is 0 Å². The predicted octanol–water partition coefficient (Wildman–Crippen LogP) is 2.18.